The molecule has 2 aromatic carbocycles. The number of carbonyl (C=O) groups excluding carboxylic acids is 1. The molecule has 0 bridgehead atoms. The van der Waals surface area contributed by atoms with Gasteiger partial charge in [0.25, 0.3) is 0 Å². The number of hydrogen-bond donors (Lipinski definition) is 2. The van der Waals surface area contributed by atoms with Crippen LogP contribution in [0.1, 0.15) is 17.5 Å². The standard InChI is InChI=1S/C18H16N4O2/c23-18(8-6-13-11-19-15-4-2-1-3-14(13)15)20-10-12-5-7-16-17(9-12)22-24-21-16/h1-5,7,9,11,19H,6,8,10H2,(H,20,23). The van der Waals surface area contributed by atoms with Gasteiger partial charge in [-0.1, -0.05) is 24.3 Å². The first kappa shape index (κ1) is 14.4. The van der Waals surface area contributed by atoms with Gasteiger partial charge < -0.3 is 10.3 Å². The number of rotatable bonds is 5. The van der Waals surface area contributed by atoms with E-state index < -0.39 is 0 Å². The maximum absolute atomic E-state index is 12.1. The molecule has 6 nitrogen and oxygen atoms in total. The number of para-hydroxylation sites is 1. The number of amides is 1. The van der Waals surface area contributed by atoms with Crippen LogP contribution in [0, 0.1) is 0 Å². The molecule has 6 heteroatoms. The zero-order chi connectivity index (χ0) is 16.4. The van der Waals surface area contributed by atoms with Gasteiger partial charge >= 0.3 is 0 Å². The van der Waals surface area contributed by atoms with E-state index >= 15 is 0 Å². The lowest BCUT2D eigenvalue weighted by Crippen LogP contribution is -2.22. The van der Waals surface area contributed by atoms with Gasteiger partial charge in [-0.3, -0.25) is 4.79 Å². The highest BCUT2D eigenvalue weighted by Crippen LogP contribution is 2.19. The SMILES string of the molecule is O=C(CCc1c[nH]c2ccccc12)NCc1ccc2nonc2c1. The predicted octanol–water partition coefficient (Wildman–Crippen LogP) is 2.95. The van der Waals surface area contributed by atoms with E-state index in [1.165, 1.54) is 5.39 Å². The normalized spacial score (nSPS) is 11.2. The van der Waals surface area contributed by atoms with E-state index in [-0.39, 0.29) is 5.91 Å². The van der Waals surface area contributed by atoms with Gasteiger partial charge in [0.15, 0.2) is 0 Å². The average molecular weight is 320 g/mol. The molecule has 120 valence electrons. The van der Waals surface area contributed by atoms with Crippen molar-refractivity contribution in [3.63, 3.8) is 0 Å². The van der Waals surface area contributed by atoms with Crippen molar-refractivity contribution in [1.82, 2.24) is 20.6 Å². The summed E-state index contributed by atoms with van der Waals surface area (Å²) in [5.74, 6) is 0.0265. The number of carbonyl (C=O) groups is 1. The number of nitrogens with one attached hydrogen (secondary N) is 2. The topological polar surface area (TPSA) is 83.8 Å². The van der Waals surface area contributed by atoms with E-state index in [0.29, 0.717) is 30.4 Å². The van der Waals surface area contributed by atoms with Gasteiger partial charge in [0.1, 0.15) is 11.0 Å². The first-order valence-corrected chi connectivity index (χ1v) is 7.82. The smallest absolute Gasteiger partial charge is 0.220 e. The lowest BCUT2D eigenvalue weighted by molar-refractivity contribution is -0.121. The number of benzene rings is 2. The fraction of sp³-hybridized carbons (Fsp3) is 0.167. The van der Waals surface area contributed by atoms with Crippen molar-refractivity contribution < 1.29 is 9.42 Å². The molecule has 0 atom stereocenters. The third-order valence-electron chi connectivity index (χ3n) is 4.10. The number of nitrogens with zero attached hydrogens (tertiary/aromatic N) is 2. The van der Waals surface area contributed by atoms with Gasteiger partial charge in [0.2, 0.25) is 5.91 Å². The minimum atomic E-state index is 0.0265. The van der Waals surface area contributed by atoms with Gasteiger partial charge in [0.05, 0.1) is 0 Å². The first-order valence-electron chi connectivity index (χ1n) is 7.82. The van der Waals surface area contributed by atoms with E-state index in [4.69, 9.17) is 0 Å². The van der Waals surface area contributed by atoms with Crippen LogP contribution in [0.15, 0.2) is 53.3 Å². The van der Waals surface area contributed by atoms with Crippen LogP contribution in [0.25, 0.3) is 21.9 Å². The van der Waals surface area contributed by atoms with E-state index in [2.05, 4.69) is 31.3 Å². The summed E-state index contributed by atoms with van der Waals surface area (Å²) in [6.45, 7) is 0.468. The van der Waals surface area contributed by atoms with E-state index in [1.807, 2.05) is 42.6 Å². The highest BCUT2D eigenvalue weighted by Gasteiger charge is 2.07. The Morgan fingerprint density at radius 1 is 1.12 bits per heavy atom. The van der Waals surface area contributed by atoms with Crippen LogP contribution in [0.3, 0.4) is 0 Å². The van der Waals surface area contributed by atoms with Crippen LogP contribution in [0.4, 0.5) is 0 Å². The molecule has 2 N–H and O–H groups in total. The number of fused-ring (bicyclic) bond motifs is 2. The zero-order valence-corrected chi connectivity index (χ0v) is 13.0. The second-order valence-corrected chi connectivity index (χ2v) is 5.72. The summed E-state index contributed by atoms with van der Waals surface area (Å²) in [6, 6.07) is 13.7. The summed E-state index contributed by atoms with van der Waals surface area (Å²) in [7, 11) is 0. The quantitative estimate of drug-likeness (QED) is 0.592. The molecule has 0 saturated carbocycles. The molecule has 4 rings (SSSR count). The molecule has 4 aromatic rings. The maximum atomic E-state index is 12.1. The van der Waals surface area contributed by atoms with Crippen molar-refractivity contribution in [1.29, 1.82) is 0 Å². The lowest BCUT2D eigenvalue weighted by atomic mass is 10.1. The van der Waals surface area contributed by atoms with Gasteiger partial charge in [-0.15, -0.1) is 0 Å². The Kier molecular flexibility index (Phi) is 3.70. The molecule has 0 aliphatic heterocycles. The fourth-order valence-corrected chi connectivity index (χ4v) is 2.81. The fourth-order valence-electron chi connectivity index (χ4n) is 2.81. The number of aryl methyl sites for hydroxylation is 1. The average Bonchev–Trinajstić information content (AvgIpc) is 3.24. The molecule has 1 amide bonds. The first-order chi connectivity index (χ1) is 11.8. The second kappa shape index (κ2) is 6.16. The summed E-state index contributed by atoms with van der Waals surface area (Å²) >= 11 is 0. The summed E-state index contributed by atoms with van der Waals surface area (Å²) in [4.78, 5) is 15.3. The van der Waals surface area contributed by atoms with Crippen molar-refractivity contribution >= 4 is 27.8 Å². The molecule has 0 radical (unpaired) electrons. The number of aromatic amines is 1. The lowest BCUT2D eigenvalue weighted by Gasteiger charge is -2.05. The largest absolute Gasteiger partial charge is 0.361 e. The van der Waals surface area contributed by atoms with Crippen LogP contribution in [-0.2, 0) is 17.8 Å². The van der Waals surface area contributed by atoms with Crippen LogP contribution >= 0.6 is 0 Å². The van der Waals surface area contributed by atoms with Crippen molar-refractivity contribution in [3.05, 3.63) is 59.8 Å². The highest BCUT2D eigenvalue weighted by molar-refractivity contribution is 5.84. The van der Waals surface area contributed by atoms with Gasteiger partial charge in [-0.2, -0.15) is 0 Å². The van der Waals surface area contributed by atoms with Gasteiger partial charge in [0, 0.05) is 30.1 Å². The molecule has 24 heavy (non-hydrogen) atoms. The molecule has 2 heterocycles. The number of aromatic nitrogens is 3. The second-order valence-electron chi connectivity index (χ2n) is 5.72. The molecule has 0 aliphatic carbocycles. The minimum absolute atomic E-state index is 0.0265. The molecule has 0 fully saturated rings. The zero-order valence-electron chi connectivity index (χ0n) is 13.0. The third-order valence-corrected chi connectivity index (χ3v) is 4.10. The van der Waals surface area contributed by atoms with Crippen LogP contribution in [0.2, 0.25) is 0 Å². The molecule has 0 aliphatic rings. The van der Waals surface area contributed by atoms with E-state index in [9.17, 15) is 4.79 Å². The summed E-state index contributed by atoms with van der Waals surface area (Å²) in [5.41, 5.74) is 4.64. The number of H-pyrrole nitrogens is 1. The van der Waals surface area contributed by atoms with Crippen LogP contribution in [0.5, 0.6) is 0 Å². The van der Waals surface area contributed by atoms with Crippen LogP contribution < -0.4 is 5.32 Å². The number of hydrogen-bond acceptors (Lipinski definition) is 4. The predicted molar refractivity (Wildman–Crippen MR) is 90.3 cm³/mol. The van der Waals surface area contributed by atoms with Crippen molar-refractivity contribution in [2.75, 3.05) is 0 Å². The summed E-state index contributed by atoms with van der Waals surface area (Å²) < 4.78 is 4.67. The minimum Gasteiger partial charge on any atom is -0.361 e. The Hall–Kier alpha value is -3.15. The molecule has 0 saturated heterocycles. The summed E-state index contributed by atoms with van der Waals surface area (Å²) in [5, 5.41) is 11.7. The molecule has 0 unspecified atom stereocenters. The van der Waals surface area contributed by atoms with Gasteiger partial charge in [-0.25, -0.2) is 4.63 Å². The monoisotopic (exact) mass is 320 g/mol. The van der Waals surface area contributed by atoms with Gasteiger partial charge in [-0.05, 0) is 46.1 Å². The molecule has 2 aromatic heterocycles. The maximum Gasteiger partial charge on any atom is 0.220 e. The molecular weight excluding hydrogens is 304 g/mol. The Bertz CT molecular complexity index is 1000. The van der Waals surface area contributed by atoms with Crippen molar-refractivity contribution in [3.8, 4) is 0 Å². The van der Waals surface area contributed by atoms with E-state index in [0.717, 1.165) is 16.6 Å². The highest BCUT2D eigenvalue weighted by atomic mass is 16.6. The molecular formula is C18H16N4O2. The van der Waals surface area contributed by atoms with E-state index in [1.54, 1.807) is 0 Å². The van der Waals surface area contributed by atoms with Crippen molar-refractivity contribution in [2.45, 2.75) is 19.4 Å². The Balaban J connectivity index is 1.34. The Labute approximate surface area is 137 Å². The Morgan fingerprint density at radius 2 is 2.00 bits per heavy atom. The van der Waals surface area contributed by atoms with Crippen LogP contribution in [-0.4, -0.2) is 21.2 Å². The Morgan fingerprint density at radius 3 is 2.96 bits per heavy atom. The third kappa shape index (κ3) is 2.86. The summed E-state index contributed by atoms with van der Waals surface area (Å²) in [6.07, 6.45) is 3.14. The molecule has 0 spiro atoms. The van der Waals surface area contributed by atoms with Crippen molar-refractivity contribution in [2.24, 2.45) is 0 Å².